The molecule has 1 aromatic rings. The molecule has 182 valence electrons. The molecule has 6 heteroatoms. The molecule has 1 heterocycles. The van der Waals surface area contributed by atoms with Crippen LogP contribution in [-0.2, 0) is 4.79 Å². The first kappa shape index (κ1) is 23.1. The average Bonchev–Trinajstić information content (AvgIpc) is 3.06. The SMILES string of the molecule is CC(N)C(=O)N[C@H]1CC[C@@]2(C)C(CC[C@@H]3[C@@H]2CC[C@]2(C)[C@@H](c4ccc(=O)oc4)CC[C@]32O)C1. The Balaban J connectivity index is 1.37. The Bertz CT molecular complexity index is 955. The minimum absolute atomic E-state index is 0.0474. The third kappa shape index (κ3) is 3.43. The Labute approximate surface area is 196 Å². The number of fused-ring (bicyclic) bond motifs is 5. The molecule has 1 aromatic heterocycles. The summed E-state index contributed by atoms with van der Waals surface area (Å²) in [6.45, 7) is 6.48. The van der Waals surface area contributed by atoms with Crippen LogP contribution in [-0.4, -0.2) is 28.7 Å². The number of hydrogen-bond donors (Lipinski definition) is 3. The molecule has 4 aliphatic rings. The fraction of sp³-hybridized carbons (Fsp3) is 0.778. The molecule has 4 N–H and O–H groups in total. The predicted molar refractivity (Wildman–Crippen MR) is 126 cm³/mol. The number of hydrogen-bond acceptors (Lipinski definition) is 5. The maximum atomic E-state index is 12.3. The van der Waals surface area contributed by atoms with E-state index in [2.05, 4.69) is 19.2 Å². The monoisotopic (exact) mass is 456 g/mol. The molecule has 5 rings (SSSR count). The van der Waals surface area contributed by atoms with Crippen LogP contribution in [0.5, 0.6) is 0 Å². The number of aliphatic hydroxyl groups is 1. The van der Waals surface area contributed by atoms with E-state index in [1.807, 2.05) is 6.07 Å². The van der Waals surface area contributed by atoms with Crippen LogP contribution in [0, 0.1) is 28.6 Å². The lowest BCUT2D eigenvalue weighted by Crippen LogP contribution is -2.62. The van der Waals surface area contributed by atoms with Crippen molar-refractivity contribution in [3.05, 3.63) is 34.4 Å². The minimum atomic E-state index is -0.676. The third-order valence-corrected chi connectivity index (χ3v) is 10.7. The smallest absolute Gasteiger partial charge is 0.335 e. The topological polar surface area (TPSA) is 106 Å². The lowest BCUT2D eigenvalue weighted by molar-refractivity contribution is -0.202. The second kappa shape index (κ2) is 7.94. The van der Waals surface area contributed by atoms with Gasteiger partial charge in [0.2, 0.25) is 5.91 Å². The lowest BCUT2D eigenvalue weighted by Gasteiger charge is -2.63. The first-order chi connectivity index (χ1) is 15.6. The number of nitrogens with two attached hydrogens (primary N) is 1. The summed E-state index contributed by atoms with van der Waals surface area (Å²) in [6, 6.07) is 3.16. The molecule has 0 aliphatic heterocycles. The van der Waals surface area contributed by atoms with Crippen molar-refractivity contribution in [2.45, 2.75) is 102 Å². The van der Waals surface area contributed by atoms with Crippen LogP contribution in [0.2, 0.25) is 0 Å². The van der Waals surface area contributed by atoms with E-state index in [0.717, 1.165) is 63.4 Å². The van der Waals surface area contributed by atoms with E-state index in [9.17, 15) is 14.7 Å². The van der Waals surface area contributed by atoms with E-state index in [-0.39, 0.29) is 34.3 Å². The highest BCUT2D eigenvalue weighted by Crippen LogP contribution is 2.70. The van der Waals surface area contributed by atoms with Crippen molar-refractivity contribution in [3.8, 4) is 0 Å². The van der Waals surface area contributed by atoms with E-state index in [1.54, 1.807) is 13.2 Å². The molecule has 4 saturated carbocycles. The fourth-order valence-corrected chi connectivity index (χ4v) is 8.79. The molecular formula is C27H40N2O4. The maximum Gasteiger partial charge on any atom is 0.335 e. The number of amides is 1. The summed E-state index contributed by atoms with van der Waals surface area (Å²) in [5, 5.41) is 15.5. The first-order valence-electron chi connectivity index (χ1n) is 13.0. The zero-order valence-electron chi connectivity index (χ0n) is 20.3. The number of carbonyl (C=O) groups excluding carboxylic acids is 1. The van der Waals surface area contributed by atoms with Gasteiger partial charge in [-0.3, -0.25) is 4.79 Å². The standard InChI is InChI=1S/C27H40N2O4/c1-16(28)24(31)29-19-8-11-25(2)18(14-19)5-6-22-21(25)9-12-26(3)20(10-13-27(22,26)32)17-4-7-23(30)33-15-17/h4,7,15-16,18-22,32H,5-6,8-14,28H2,1-3H3,(H,29,31)/t16?,18?,19-,20+,21-,22+,25-,26+,27-/m0/s1. The molecule has 0 saturated heterocycles. The molecular weight excluding hydrogens is 416 g/mol. The van der Waals surface area contributed by atoms with E-state index in [0.29, 0.717) is 17.8 Å². The predicted octanol–water partition coefficient (Wildman–Crippen LogP) is 3.71. The van der Waals surface area contributed by atoms with Gasteiger partial charge in [-0.1, -0.05) is 13.8 Å². The molecule has 0 bridgehead atoms. The van der Waals surface area contributed by atoms with Crippen LogP contribution in [0.4, 0.5) is 0 Å². The van der Waals surface area contributed by atoms with E-state index in [1.165, 1.54) is 6.07 Å². The molecule has 2 unspecified atom stereocenters. The molecule has 6 nitrogen and oxygen atoms in total. The minimum Gasteiger partial charge on any atom is -0.431 e. The van der Waals surface area contributed by atoms with Gasteiger partial charge in [0.25, 0.3) is 0 Å². The summed E-state index contributed by atoms with van der Waals surface area (Å²) in [5.41, 5.74) is 5.85. The van der Waals surface area contributed by atoms with Gasteiger partial charge in [-0.15, -0.1) is 0 Å². The van der Waals surface area contributed by atoms with E-state index in [4.69, 9.17) is 10.2 Å². The Morgan fingerprint density at radius 2 is 1.91 bits per heavy atom. The Hall–Kier alpha value is -1.66. The van der Waals surface area contributed by atoms with Gasteiger partial charge in [0, 0.05) is 17.5 Å². The summed E-state index contributed by atoms with van der Waals surface area (Å²) in [6.07, 6.45) is 10.8. The van der Waals surface area contributed by atoms with E-state index < -0.39 is 11.6 Å². The van der Waals surface area contributed by atoms with Crippen molar-refractivity contribution < 1.29 is 14.3 Å². The molecule has 33 heavy (non-hydrogen) atoms. The van der Waals surface area contributed by atoms with Gasteiger partial charge in [-0.05, 0) is 105 Å². The Morgan fingerprint density at radius 3 is 2.61 bits per heavy atom. The van der Waals surface area contributed by atoms with Crippen LogP contribution < -0.4 is 16.7 Å². The lowest BCUT2D eigenvalue weighted by atomic mass is 9.43. The van der Waals surface area contributed by atoms with Gasteiger partial charge in [0.1, 0.15) is 0 Å². The molecule has 1 amide bonds. The quantitative estimate of drug-likeness (QED) is 0.643. The van der Waals surface area contributed by atoms with Gasteiger partial charge < -0.3 is 20.6 Å². The largest absolute Gasteiger partial charge is 0.431 e. The molecule has 0 aromatic carbocycles. The van der Waals surface area contributed by atoms with Crippen LogP contribution in [0.25, 0.3) is 0 Å². The summed E-state index contributed by atoms with van der Waals surface area (Å²) in [5.74, 6) is 1.59. The maximum absolute atomic E-state index is 12.3. The van der Waals surface area contributed by atoms with Crippen LogP contribution >= 0.6 is 0 Å². The second-order valence-corrected chi connectivity index (χ2v) is 12.1. The molecule has 0 spiro atoms. The van der Waals surface area contributed by atoms with Crippen molar-refractivity contribution in [3.63, 3.8) is 0 Å². The highest BCUT2D eigenvalue weighted by atomic mass is 16.4. The van der Waals surface area contributed by atoms with Crippen LogP contribution in [0.15, 0.2) is 27.6 Å². The van der Waals surface area contributed by atoms with Gasteiger partial charge in [0.05, 0.1) is 17.9 Å². The summed E-state index contributed by atoms with van der Waals surface area (Å²) >= 11 is 0. The van der Waals surface area contributed by atoms with Crippen molar-refractivity contribution in [1.29, 1.82) is 0 Å². The Kier molecular flexibility index (Phi) is 5.56. The van der Waals surface area contributed by atoms with Crippen molar-refractivity contribution >= 4 is 5.91 Å². The van der Waals surface area contributed by atoms with Crippen molar-refractivity contribution in [2.24, 2.45) is 34.3 Å². The van der Waals surface area contributed by atoms with Gasteiger partial charge in [0.15, 0.2) is 0 Å². The zero-order valence-corrected chi connectivity index (χ0v) is 20.3. The summed E-state index contributed by atoms with van der Waals surface area (Å²) < 4.78 is 5.20. The van der Waals surface area contributed by atoms with Crippen LogP contribution in [0.1, 0.15) is 90.0 Å². The van der Waals surface area contributed by atoms with Gasteiger partial charge >= 0.3 is 5.63 Å². The third-order valence-electron chi connectivity index (χ3n) is 10.7. The van der Waals surface area contributed by atoms with Gasteiger partial charge in [-0.25, -0.2) is 4.79 Å². The van der Waals surface area contributed by atoms with E-state index >= 15 is 0 Å². The highest BCUT2D eigenvalue weighted by Gasteiger charge is 2.67. The van der Waals surface area contributed by atoms with Crippen molar-refractivity contribution in [2.75, 3.05) is 0 Å². The molecule has 9 atom stereocenters. The number of nitrogens with one attached hydrogen (secondary N) is 1. The summed E-state index contributed by atoms with van der Waals surface area (Å²) in [7, 11) is 0. The average molecular weight is 457 g/mol. The Morgan fingerprint density at radius 1 is 1.12 bits per heavy atom. The van der Waals surface area contributed by atoms with Gasteiger partial charge in [-0.2, -0.15) is 0 Å². The molecule has 4 fully saturated rings. The fourth-order valence-electron chi connectivity index (χ4n) is 8.79. The first-order valence-corrected chi connectivity index (χ1v) is 13.0. The van der Waals surface area contributed by atoms with Crippen molar-refractivity contribution in [1.82, 2.24) is 5.32 Å². The highest BCUT2D eigenvalue weighted by molar-refractivity contribution is 5.81. The second-order valence-electron chi connectivity index (χ2n) is 12.1. The molecule has 4 aliphatic carbocycles. The summed E-state index contributed by atoms with van der Waals surface area (Å²) in [4.78, 5) is 23.6. The number of carbonyl (C=O) groups is 1. The molecule has 0 radical (unpaired) electrons. The van der Waals surface area contributed by atoms with Crippen LogP contribution in [0.3, 0.4) is 0 Å². The number of rotatable bonds is 3. The normalized spacial score (nSPS) is 45.4. The zero-order chi connectivity index (χ0) is 23.6.